The monoisotopic (exact) mass is 339 g/mol. The van der Waals surface area contributed by atoms with Gasteiger partial charge in [-0.05, 0) is 6.92 Å². The molecule has 0 N–H and O–H groups in total. The summed E-state index contributed by atoms with van der Waals surface area (Å²) in [6.07, 6.45) is 0. The molecule has 2 nitrogen and oxygen atoms in total. The Balaban J connectivity index is 0. The van der Waals surface area contributed by atoms with Crippen molar-refractivity contribution in [3.05, 3.63) is 5.32 Å². The van der Waals surface area contributed by atoms with Gasteiger partial charge in [-0.1, -0.05) is 0 Å². The number of carbonyl (C=O) groups excluding carboxylic acids is 1. The van der Waals surface area contributed by atoms with Crippen LogP contribution in [-0.4, -0.2) is 13.0 Å². The molecule has 0 aromatic rings. The van der Waals surface area contributed by atoms with Crippen LogP contribution in [0.1, 0.15) is 6.92 Å². The predicted octanol–water partition coefficient (Wildman–Crippen LogP) is 0.536. The molecule has 0 aliphatic heterocycles. The molecule has 0 aromatic heterocycles. The van der Waals surface area contributed by atoms with Gasteiger partial charge >= 0.3 is 0 Å². The third-order valence-corrected chi connectivity index (χ3v) is 0.315. The molecule has 0 heterocycles. The van der Waals surface area contributed by atoms with Crippen LogP contribution in [0.25, 0.3) is 5.32 Å². The largest absolute Gasteiger partial charge is 0.656 e. The van der Waals surface area contributed by atoms with Crippen LogP contribution in [0.3, 0.4) is 0 Å². The Morgan fingerprint density at radius 3 is 1.83 bits per heavy atom. The van der Waals surface area contributed by atoms with Gasteiger partial charge in [0.05, 0.1) is 0 Å². The van der Waals surface area contributed by atoms with Crippen LogP contribution >= 0.6 is 0 Å². The molecule has 0 aromatic carbocycles. The van der Waals surface area contributed by atoms with E-state index in [1.54, 1.807) is 0 Å². The van der Waals surface area contributed by atoms with Crippen molar-refractivity contribution in [2.24, 2.45) is 0 Å². The van der Waals surface area contributed by atoms with Crippen LogP contribution in [-0.2, 0) is 4.79 Å². The summed E-state index contributed by atoms with van der Waals surface area (Å²) < 4.78 is 0. The summed E-state index contributed by atoms with van der Waals surface area (Å²) in [5.74, 6) is -0.120. The minimum absolute atomic E-state index is 0. The zero-order chi connectivity index (χ0) is 4.28. The van der Waals surface area contributed by atoms with E-state index in [2.05, 4.69) is 5.32 Å². The zero-order valence-electron chi connectivity index (χ0n) is 4.06. The second-order valence-electron chi connectivity index (χ2n) is 0.743. The van der Waals surface area contributed by atoms with Crippen molar-refractivity contribution < 1.29 is 4.79 Å². The first-order valence-electron chi connectivity index (χ1n) is 1.37. The fourth-order valence-corrected chi connectivity index (χ4v) is 0. The summed E-state index contributed by atoms with van der Waals surface area (Å²) in [6, 6.07) is 0. The van der Waals surface area contributed by atoms with Gasteiger partial charge in [0.25, 0.3) is 0 Å². The smallest absolute Gasteiger partial charge is 0.0478 e. The van der Waals surface area contributed by atoms with Crippen LogP contribution in [0.2, 0.25) is 0 Å². The quantitative estimate of drug-likeness (QED) is 0.634. The first-order chi connectivity index (χ1) is 2.27. The van der Waals surface area contributed by atoms with Crippen molar-refractivity contribution in [2.45, 2.75) is 6.92 Å². The summed E-state index contributed by atoms with van der Waals surface area (Å²) >= 11 is 0. The maximum atomic E-state index is 9.65. The zero-order valence-corrected chi connectivity index (χ0v) is 10.5. The number of hydrogen-bond donors (Lipinski definition) is 0. The average molecular weight is 339 g/mol. The minimum atomic E-state index is -0.120. The molecule has 32 valence electrons. The summed E-state index contributed by atoms with van der Waals surface area (Å²) in [5, 5.41) is 3.25. The van der Waals surface area contributed by atoms with E-state index in [1.807, 2.05) is 0 Å². The predicted molar refractivity (Wildman–Crippen MR) is 20.0 cm³/mol. The molecule has 3 heteroatoms. The molecule has 0 rings (SSSR count). The minimum Gasteiger partial charge on any atom is -0.656 e. The van der Waals surface area contributed by atoms with Crippen LogP contribution in [0.15, 0.2) is 0 Å². The van der Waals surface area contributed by atoms with Crippen LogP contribution in [0.5, 0.6) is 0 Å². The van der Waals surface area contributed by atoms with E-state index in [0.29, 0.717) is 0 Å². The van der Waals surface area contributed by atoms with Crippen molar-refractivity contribution >= 4 is 5.91 Å². The summed E-state index contributed by atoms with van der Waals surface area (Å²) in [4.78, 5) is 9.65. The molecule has 0 bridgehead atoms. The van der Waals surface area contributed by atoms with Gasteiger partial charge in [-0.2, -0.15) is 0 Å². The molecular weight excluding hydrogens is 333 g/mol. The van der Waals surface area contributed by atoms with Crippen molar-refractivity contribution in [3.8, 4) is 0 Å². The maximum Gasteiger partial charge on any atom is 0.0478 e. The third kappa shape index (κ3) is 24.2. The van der Waals surface area contributed by atoms with Gasteiger partial charge in [-0.15, -0.1) is 7.05 Å². The van der Waals surface area contributed by atoms with Crippen LogP contribution in [0.4, 0.5) is 0 Å². The Morgan fingerprint density at radius 2 is 1.83 bits per heavy atom. The molecule has 0 aliphatic carbocycles. The SMILES string of the molecule is C[N-]C(C)=O.[Rf]. The molecule has 0 unspecified atom stereocenters. The van der Waals surface area contributed by atoms with Crippen LogP contribution in [0, 0.1) is 0 Å². The number of carbonyl (C=O) groups is 1. The molecule has 0 radical (unpaired) electrons. The van der Waals surface area contributed by atoms with Gasteiger partial charge in [0.1, 0.15) is 0 Å². The Labute approximate surface area is 31.2 Å². The number of rotatable bonds is 0. The van der Waals surface area contributed by atoms with E-state index in [1.165, 1.54) is 14.0 Å². The number of amides is 1. The topological polar surface area (TPSA) is 31.2 Å². The second-order valence-corrected chi connectivity index (χ2v) is 0.743. The number of nitrogens with zero attached hydrogens (tertiary/aromatic N) is 1. The molecule has 1 amide bonds. The van der Waals surface area contributed by atoms with E-state index < -0.39 is 0 Å². The summed E-state index contributed by atoms with van der Waals surface area (Å²) in [7, 11) is 1.47. The van der Waals surface area contributed by atoms with E-state index in [-0.39, 0.29) is 5.91 Å². The molecule has 6 heavy (non-hydrogen) atoms. The van der Waals surface area contributed by atoms with Gasteiger partial charge in [-0.3, -0.25) is 0 Å². The van der Waals surface area contributed by atoms with Crippen molar-refractivity contribution in [2.75, 3.05) is 7.05 Å². The van der Waals surface area contributed by atoms with Crippen molar-refractivity contribution in [1.82, 2.24) is 0 Å². The summed E-state index contributed by atoms with van der Waals surface area (Å²) in [5.41, 5.74) is 0. The Morgan fingerprint density at radius 1 is 1.67 bits per heavy atom. The fraction of sp³-hybridized carbons (Fsp3) is 0.667. The molecule has 0 saturated carbocycles. The van der Waals surface area contributed by atoms with E-state index in [9.17, 15) is 4.79 Å². The summed E-state index contributed by atoms with van der Waals surface area (Å²) in [6.45, 7) is 1.42. The molecule has 0 saturated heterocycles. The first-order valence-corrected chi connectivity index (χ1v) is 1.37. The van der Waals surface area contributed by atoms with E-state index in [4.69, 9.17) is 0 Å². The van der Waals surface area contributed by atoms with Crippen molar-refractivity contribution in [1.29, 1.82) is 0 Å². The Hall–Kier alpha value is -1.53. The standard InChI is InChI=1S/C3H7NO.Rf/c1-3(5)4-2;/h1-2H3,(H,4,5);/p-1. The molecule has 0 atom stereocenters. The number of hydrogen-bond acceptors (Lipinski definition) is 1. The average Bonchev–Trinajstić information content (AvgIpc) is 1.38. The normalized spacial score (nSPS) is 5.67. The van der Waals surface area contributed by atoms with E-state index >= 15 is 0 Å². The third-order valence-electron chi connectivity index (χ3n) is 0.315. The molecule has 0 aliphatic rings. The first kappa shape index (κ1) is 8.82. The molecule has 0 spiro atoms. The van der Waals surface area contributed by atoms with Gasteiger partial charge in [0, 0.05) is 5.91 Å². The Kier molecular flexibility index (Phi) is 5.10. The van der Waals surface area contributed by atoms with Crippen molar-refractivity contribution in [3.63, 3.8) is 0 Å². The van der Waals surface area contributed by atoms with Gasteiger partial charge < -0.3 is 10.1 Å². The molecule has 0 fully saturated rings. The fourth-order valence-electron chi connectivity index (χ4n) is 0. The van der Waals surface area contributed by atoms with Gasteiger partial charge in [0.15, 0.2) is 0 Å². The second kappa shape index (κ2) is 3.47. The maximum absolute atomic E-state index is 9.65. The van der Waals surface area contributed by atoms with Crippen LogP contribution < -0.4 is 0 Å². The molecular formula is C3H6NORf-. The van der Waals surface area contributed by atoms with E-state index in [0.717, 1.165) is 0 Å². The van der Waals surface area contributed by atoms with Gasteiger partial charge in [-0.25, -0.2) is 0 Å². The van der Waals surface area contributed by atoms with Gasteiger partial charge in [0.2, 0.25) is 0 Å². The Bertz CT molecular complexity index is 46.1.